The minimum atomic E-state index is -0.335. The van der Waals surface area contributed by atoms with Gasteiger partial charge in [-0.25, -0.2) is 0 Å². The standard InChI is InChI=1S/C13H19NO/c15-11-13-8-4-5-9-14(13)10-12-6-2-1-3-7-12/h1-3,6-7,13,15H,4-5,8-11H2/t13-/m1/s1/i10D/t10-,13-. The molecule has 0 saturated carbocycles. The molecule has 0 amide bonds. The summed E-state index contributed by atoms with van der Waals surface area (Å²) >= 11 is 0. The molecule has 0 bridgehead atoms. The first-order valence-electron chi connectivity index (χ1n) is 6.24. The molecular weight excluding hydrogens is 186 g/mol. The Balaban J connectivity index is 2.10. The van der Waals surface area contributed by atoms with Gasteiger partial charge in [0.15, 0.2) is 0 Å². The molecule has 1 N–H and O–H groups in total. The van der Waals surface area contributed by atoms with Gasteiger partial charge in [0.1, 0.15) is 0 Å². The summed E-state index contributed by atoms with van der Waals surface area (Å²) in [7, 11) is 0. The zero-order valence-corrected chi connectivity index (χ0v) is 8.97. The highest BCUT2D eigenvalue weighted by Crippen LogP contribution is 2.18. The van der Waals surface area contributed by atoms with Crippen LogP contribution in [0, 0.1) is 0 Å². The van der Waals surface area contributed by atoms with E-state index >= 15 is 0 Å². The van der Waals surface area contributed by atoms with Crippen LogP contribution in [0.5, 0.6) is 0 Å². The van der Waals surface area contributed by atoms with Crippen LogP contribution >= 0.6 is 0 Å². The summed E-state index contributed by atoms with van der Waals surface area (Å²) in [6.45, 7) is 0.759. The molecule has 2 atom stereocenters. The van der Waals surface area contributed by atoms with Gasteiger partial charge in [0.05, 0.1) is 6.61 Å². The molecule has 1 saturated heterocycles. The van der Waals surface area contributed by atoms with Crippen molar-refractivity contribution in [2.24, 2.45) is 0 Å². The summed E-state index contributed by atoms with van der Waals surface area (Å²) in [6, 6.07) is 10.0. The molecule has 1 fully saturated rings. The molecule has 0 unspecified atom stereocenters. The predicted molar refractivity (Wildman–Crippen MR) is 61.6 cm³/mol. The molecule has 1 aliphatic rings. The third-order valence-electron chi connectivity index (χ3n) is 3.00. The van der Waals surface area contributed by atoms with Gasteiger partial charge in [0, 0.05) is 13.9 Å². The van der Waals surface area contributed by atoms with Crippen molar-refractivity contribution in [2.45, 2.75) is 31.8 Å². The normalized spacial score (nSPS) is 25.9. The van der Waals surface area contributed by atoms with E-state index < -0.39 is 0 Å². The van der Waals surface area contributed by atoms with Crippen molar-refractivity contribution in [3.63, 3.8) is 0 Å². The van der Waals surface area contributed by atoms with Crippen LogP contribution in [0.25, 0.3) is 0 Å². The van der Waals surface area contributed by atoms with Crippen molar-refractivity contribution < 1.29 is 6.48 Å². The van der Waals surface area contributed by atoms with Gasteiger partial charge in [-0.1, -0.05) is 36.8 Å². The van der Waals surface area contributed by atoms with Crippen molar-refractivity contribution in [3.8, 4) is 0 Å². The second kappa shape index (κ2) is 5.29. The van der Waals surface area contributed by atoms with E-state index in [0.29, 0.717) is 0 Å². The quantitative estimate of drug-likeness (QED) is 0.818. The lowest BCUT2D eigenvalue weighted by molar-refractivity contribution is 0.0841. The zero-order chi connectivity index (χ0) is 11.4. The minimum absolute atomic E-state index is 0.163. The fourth-order valence-electron chi connectivity index (χ4n) is 2.12. The summed E-state index contributed by atoms with van der Waals surface area (Å²) in [5.41, 5.74) is 1.02. The number of hydrogen-bond donors (Lipinski definition) is 1. The maximum Gasteiger partial charge on any atom is 0.0586 e. The number of aliphatic hydroxyl groups is 1. The molecule has 0 radical (unpaired) electrons. The van der Waals surface area contributed by atoms with Crippen molar-refractivity contribution in [3.05, 3.63) is 35.9 Å². The van der Waals surface area contributed by atoms with E-state index in [4.69, 9.17) is 1.37 Å². The van der Waals surface area contributed by atoms with Crippen LogP contribution in [0.2, 0.25) is 0 Å². The molecule has 0 aromatic heterocycles. The Bertz CT molecular complexity index is 317. The van der Waals surface area contributed by atoms with Crippen molar-refractivity contribution >= 4 is 0 Å². The molecule has 1 aliphatic heterocycles. The maximum atomic E-state index is 9.33. The summed E-state index contributed by atoms with van der Waals surface area (Å²) in [5, 5.41) is 9.33. The monoisotopic (exact) mass is 206 g/mol. The first-order chi connectivity index (χ1) is 7.83. The van der Waals surface area contributed by atoms with E-state index in [1.54, 1.807) is 0 Å². The number of hydrogen-bond acceptors (Lipinski definition) is 2. The van der Waals surface area contributed by atoms with E-state index in [0.717, 1.165) is 24.9 Å². The van der Waals surface area contributed by atoms with E-state index in [9.17, 15) is 5.11 Å². The van der Waals surface area contributed by atoms with Gasteiger partial charge in [0.2, 0.25) is 0 Å². The van der Waals surface area contributed by atoms with E-state index in [1.807, 2.05) is 30.3 Å². The second-order valence-electron chi connectivity index (χ2n) is 4.11. The summed E-state index contributed by atoms with van der Waals surface area (Å²) in [6.07, 6.45) is 3.32. The van der Waals surface area contributed by atoms with Crippen LogP contribution < -0.4 is 0 Å². The fourth-order valence-corrected chi connectivity index (χ4v) is 2.12. The topological polar surface area (TPSA) is 23.5 Å². The molecule has 1 aromatic rings. The Kier molecular flexibility index (Phi) is 3.30. The number of likely N-dealkylation sites (tertiary alicyclic amines) is 1. The SMILES string of the molecule is [2H][C@H](c1ccccc1)N1CCCC[C@@H]1CO. The highest BCUT2D eigenvalue weighted by molar-refractivity contribution is 5.14. The number of aliphatic hydroxyl groups excluding tert-OH is 1. The lowest BCUT2D eigenvalue weighted by Crippen LogP contribution is -2.41. The van der Waals surface area contributed by atoms with Gasteiger partial charge in [-0.2, -0.15) is 0 Å². The van der Waals surface area contributed by atoms with Gasteiger partial charge in [-0.15, -0.1) is 0 Å². The van der Waals surface area contributed by atoms with Gasteiger partial charge < -0.3 is 5.11 Å². The highest BCUT2D eigenvalue weighted by Gasteiger charge is 2.21. The smallest absolute Gasteiger partial charge is 0.0586 e. The van der Waals surface area contributed by atoms with Gasteiger partial charge >= 0.3 is 0 Å². The molecule has 2 rings (SSSR count). The number of benzene rings is 1. The Morgan fingerprint density at radius 1 is 1.33 bits per heavy atom. The minimum Gasteiger partial charge on any atom is -0.395 e. The van der Waals surface area contributed by atoms with Crippen molar-refractivity contribution in [2.75, 3.05) is 13.2 Å². The summed E-state index contributed by atoms with van der Waals surface area (Å²) in [5.74, 6) is 0. The molecule has 0 spiro atoms. The van der Waals surface area contributed by atoms with Crippen LogP contribution in [0.3, 0.4) is 0 Å². The number of piperidine rings is 1. The molecule has 1 heterocycles. The Morgan fingerprint density at radius 3 is 2.87 bits per heavy atom. The third kappa shape index (κ3) is 2.80. The lowest BCUT2D eigenvalue weighted by atomic mass is 10.0. The molecule has 2 heteroatoms. The molecule has 0 aliphatic carbocycles. The van der Waals surface area contributed by atoms with Crippen LogP contribution in [0.15, 0.2) is 30.3 Å². The largest absolute Gasteiger partial charge is 0.395 e. The maximum absolute atomic E-state index is 9.33. The van der Waals surface area contributed by atoms with Crippen molar-refractivity contribution in [1.29, 1.82) is 0 Å². The zero-order valence-electron chi connectivity index (χ0n) is 9.97. The van der Waals surface area contributed by atoms with Crippen LogP contribution in [-0.4, -0.2) is 29.2 Å². The average Bonchev–Trinajstić information content (AvgIpc) is 2.39. The van der Waals surface area contributed by atoms with Gasteiger partial charge in [-0.05, 0) is 24.9 Å². The van der Waals surface area contributed by atoms with Crippen LogP contribution in [0.4, 0.5) is 0 Å². The lowest BCUT2D eigenvalue weighted by Gasteiger charge is -2.34. The van der Waals surface area contributed by atoms with E-state index in [2.05, 4.69) is 4.90 Å². The Hall–Kier alpha value is -0.860. The van der Waals surface area contributed by atoms with Crippen LogP contribution in [0.1, 0.15) is 26.2 Å². The molecule has 82 valence electrons. The van der Waals surface area contributed by atoms with Crippen molar-refractivity contribution in [1.82, 2.24) is 4.90 Å². The summed E-state index contributed by atoms with van der Waals surface area (Å²) in [4.78, 5) is 2.11. The van der Waals surface area contributed by atoms with Crippen LogP contribution in [-0.2, 0) is 6.52 Å². The molecular formula is C13H19NO. The van der Waals surface area contributed by atoms with E-state index in [1.165, 1.54) is 6.42 Å². The average molecular weight is 206 g/mol. The highest BCUT2D eigenvalue weighted by atomic mass is 16.3. The fraction of sp³-hybridized carbons (Fsp3) is 0.538. The number of nitrogens with zero attached hydrogens (tertiary/aromatic N) is 1. The Morgan fingerprint density at radius 2 is 2.13 bits per heavy atom. The van der Waals surface area contributed by atoms with Gasteiger partial charge in [-0.3, -0.25) is 4.90 Å². The summed E-state index contributed by atoms with van der Waals surface area (Å²) < 4.78 is 8.26. The second-order valence-corrected chi connectivity index (χ2v) is 4.11. The molecule has 2 nitrogen and oxygen atoms in total. The first-order valence-corrected chi connectivity index (χ1v) is 5.66. The Labute approximate surface area is 92.9 Å². The number of rotatable bonds is 3. The predicted octanol–water partition coefficient (Wildman–Crippen LogP) is 2.03. The van der Waals surface area contributed by atoms with E-state index in [-0.39, 0.29) is 19.2 Å². The third-order valence-corrected chi connectivity index (χ3v) is 3.00. The van der Waals surface area contributed by atoms with Gasteiger partial charge in [0.25, 0.3) is 0 Å². The molecule has 1 aromatic carbocycles. The first kappa shape index (κ1) is 9.37. The molecule has 15 heavy (non-hydrogen) atoms.